The van der Waals surface area contributed by atoms with Gasteiger partial charge in [-0.3, -0.25) is 4.79 Å². The second kappa shape index (κ2) is 8.00. The Hall–Kier alpha value is -3.26. The van der Waals surface area contributed by atoms with E-state index in [1.165, 1.54) is 6.33 Å². The van der Waals surface area contributed by atoms with E-state index in [2.05, 4.69) is 40.9 Å². The van der Waals surface area contributed by atoms with Gasteiger partial charge in [-0.05, 0) is 50.2 Å². The third-order valence-corrected chi connectivity index (χ3v) is 5.23. The molecule has 0 bridgehead atoms. The molecule has 8 heteroatoms. The van der Waals surface area contributed by atoms with Gasteiger partial charge in [0.05, 0.1) is 5.56 Å². The number of carbonyl (C=O) groups excluding carboxylic acids is 1. The van der Waals surface area contributed by atoms with Crippen molar-refractivity contribution >= 4 is 21.8 Å². The first-order chi connectivity index (χ1) is 14.0. The summed E-state index contributed by atoms with van der Waals surface area (Å²) in [5.74, 6) is 0.514. The number of hydrogen-bond acceptors (Lipinski definition) is 4. The monoisotopic (exact) mass is 450 g/mol. The Kier molecular flexibility index (Phi) is 5.26. The molecule has 1 amide bonds. The third-order valence-electron chi connectivity index (χ3n) is 4.70. The smallest absolute Gasteiger partial charge is 0.253 e. The Labute approximate surface area is 176 Å². The zero-order valence-corrected chi connectivity index (χ0v) is 17.6. The molecule has 0 saturated carbocycles. The van der Waals surface area contributed by atoms with Crippen LogP contribution in [0.1, 0.15) is 27.3 Å². The number of halogens is 1. The van der Waals surface area contributed by atoms with E-state index < -0.39 is 0 Å². The predicted octanol–water partition coefficient (Wildman–Crippen LogP) is 3.76. The molecule has 0 fully saturated rings. The molecule has 4 aromatic rings. The van der Waals surface area contributed by atoms with Gasteiger partial charge in [-0.1, -0.05) is 22.0 Å². The maximum atomic E-state index is 12.9. The highest BCUT2D eigenvalue weighted by molar-refractivity contribution is 9.10. The van der Waals surface area contributed by atoms with Crippen LogP contribution in [0.3, 0.4) is 0 Å². The van der Waals surface area contributed by atoms with Crippen LogP contribution in [0.15, 0.2) is 65.8 Å². The van der Waals surface area contributed by atoms with Crippen LogP contribution in [0.4, 0.5) is 0 Å². The summed E-state index contributed by atoms with van der Waals surface area (Å²) in [5.41, 5.74) is 4.41. The molecule has 1 aromatic carbocycles. The van der Waals surface area contributed by atoms with Crippen LogP contribution in [0.5, 0.6) is 0 Å². The molecule has 0 spiro atoms. The Morgan fingerprint density at radius 2 is 1.97 bits per heavy atom. The molecular weight excluding hydrogens is 432 g/mol. The minimum atomic E-state index is -0.130. The summed E-state index contributed by atoms with van der Waals surface area (Å²) in [6.45, 7) is 4.29. The summed E-state index contributed by atoms with van der Waals surface area (Å²) >= 11 is 3.46. The molecule has 0 atom stereocenters. The summed E-state index contributed by atoms with van der Waals surface area (Å²) in [5, 5.41) is 7.12. The average molecular weight is 451 g/mol. The topological polar surface area (TPSA) is 77.6 Å². The molecule has 1 N–H and O–H groups in total. The lowest BCUT2D eigenvalue weighted by molar-refractivity contribution is 0.0950. The van der Waals surface area contributed by atoms with Crippen molar-refractivity contribution in [2.75, 3.05) is 0 Å². The second-order valence-electron chi connectivity index (χ2n) is 6.61. The van der Waals surface area contributed by atoms with Crippen LogP contribution in [0.2, 0.25) is 0 Å². The summed E-state index contributed by atoms with van der Waals surface area (Å²) in [4.78, 5) is 21.2. The normalized spacial score (nSPS) is 10.9. The number of carbonyl (C=O) groups is 1. The van der Waals surface area contributed by atoms with Gasteiger partial charge in [0.2, 0.25) is 0 Å². The van der Waals surface area contributed by atoms with Crippen LogP contribution in [0.25, 0.3) is 11.5 Å². The highest BCUT2D eigenvalue weighted by Gasteiger charge is 2.17. The van der Waals surface area contributed by atoms with E-state index in [4.69, 9.17) is 0 Å². The molecule has 0 aliphatic heterocycles. The van der Waals surface area contributed by atoms with Crippen molar-refractivity contribution in [3.05, 3.63) is 88.3 Å². The molecule has 146 valence electrons. The lowest BCUT2D eigenvalue weighted by atomic mass is 10.2. The molecule has 4 rings (SSSR count). The highest BCUT2D eigenvalue weighted by atomic mass is 79.9. The Balaban J connectivity index is 1.56. The van der Waals surface area contributed by atoms with E-state index in [1.54, 1.807) is 17.2 Å². The number of hydrogen-bond donors (Lipinski definition) is 1. The standard InChI is InChI=1S/C21H19BrN6O/c1-14-10-19(15(2)28(14)18-7-5-17(22)6-8-18)21(29)25-11-16-4-3-9-24-20(16)27-13-23-12-26-27/h3-10,12-13H,11H2,1-2H3,(H,25,29). The van der Waals surface area contributed by atoms with Gasteiger partial charge in [0.25, 0.3) is 5.91 Å². The Bertz CT molecular complexity index is 1150. The fourth-order valence-electron chi connectivity index (χ4n) is 3.34. The van der Waals surface area contributed by atoms with Crippen molar-refractivity contribution in [3.8, 4) is 11.5 Å². The molecule has 0 saturated heterocycles. The second-order valence-corrected chi connectivity index (χ2v) is 7.52. The van der Waals surface area contributed by atoms with E-state index in [9.17, 15) is 4.79 Å². The molecule has 29 heavy (non-hydrogen) atoms. The number of aryl methyl sites for hydroxylation is 1. The summed E-state index contributed by atoms with van der Waals surface area (Å²) < 4.78 is 4.68. The molecule has 0 aliphatic carbocycles. The lowest BCUT2D eigenvalue weighted by Gasteiger charge is -2.11. The van der Waals surface area contributed by atoms with Crippen LogP contribution in [-0.4, -0.2) is 30.2 Å². The quantitative estimate of drug-likeness (QED) is 0.501. The van der Waals surface area contributed by atoms with Gasteiger partial charge in [0.15, 0.2) is 5.82 Å². The number of pyridine rings is 1. The first-order valence-corrected chi connectivity index (χ1v) is 9.86. The third kappa shape index (κ3) is 3.84. The van der Waals surface area contributed by atoms with E-state index >= 15 is 0 Å². The van der Waals surface area contributed by atoms with Crippen molar-refractivity contribution in [1.29, 1.82) is 0 Å². The Morgan fingerprint density at radius 3 is 2.69 bits per heavy atom. The molecular formula is C21H19BrN6O. The van der Waals surface area contributed by atoms with Gasteiger partial charge in [-0.2, -0.15) is 5.10 Å². The van der Waals surface area contributed by atoms with Gasteiger partial charge in [-0.25, -0.2) is 14.6 Å². The molecule has 0 aliphatic rings. The lowest BCUT2D eigenvalue weighted by Crippen LogP contribution is -2.24. The van der Waals surface area contributed by atoms with Gasteiger partial charge in [0, 0.05) is 39.9 Å². The first-order valence-electron chi connectivity index (χ1n) is 9.06. The van der Waals surface area contributed by atoms with Crippen molar-refractivity contribution in [2.45, 2.75) is 20.4 Å². The number of rotatable bonds is 5. The highest BCUT2D eigenvalue weighted by Crippen LogP contribution is 2.22. The van der Waals surface area contributed by atoms with E-state index in [1.807, 2.05) is 56.3 Å². The van der Waals surface area contributed by atoms with Gasteiger partial charge < -0.3 is 9.88 Å². The fraction of sp³-hybridized carbons (Fsp3) is 0.143. The zero-order chi connectivity index (χ0) is 20.4. The van der Waals surface area contributed by atoms with E-state index in [-0.39, 0.29) is 5.91 Å². The van der Waals surface area contributed by atoms with Gasteiger partial charge in [-0.15, -0.1) is 0 Å². The van der Waals surface area contributed by atoms with Crippen LogP contribution < -0.4 is 5.32 Å². The van der Waals surface area contributed by atoms with Crippen LogP contribution in [-0.2, 0) is 6.54 Å². The molecule has 3 heterocycles. The van der Waals surface area contributed by atoms with Crippen molar-refractivity contribution in [3.63, 3.8) is 0 Å². The fourth-order valence-corrected chi connectivity index (χ4v) is 3.61. The number of nitrogens with one attached hydrogen (secondary N) is 1. The minimum Gasteiger partial charge on any atom is -0.348 e. The van der Waals surface area contributed by atoms with Crippen LogP contribution >= 0.6 is 15.9 Å². The van der Waals surface area contributed by atoms with Gasteiger partial charge in [0.1, 0.15) is 12.7 Å². The summed E-state index contributed by atoms with van der Waals surface area (Å²) in [7, 11) is 0. The number of aromatic nitrogens is 5. The number of amides is 1. The zero-order valence-electron chi connectivity index (χ0n) is 16.0. The maximum absolute atomic E-state index is 12.9. The van der Waals surface area contributed by atoms with Crippen LogP contribution in [0, 0.1) is 13.8 Å². The largest absolute Gasteiger partial charge is 0.348 e. The molecule has 0 unspecified atom stereocenters. The van der Waals surface area contributed by atoms with E-state index in [0.29, 0.717) is 17.9 Å². The minimum absolute atomic E-state index is 0.130. The van der Waals surface area contributed by atoms with E-state index in [0.717, 1.165) is 27.1 Å². The SMILES string of the molecule is Cc1cc(C(=O)NCc2cccnc2-n2cncn2)c(C)n1-c1ccc(Br)cc1. The van der Waals surface area contributed by atoms with Crippen molar-refractivity contribution in [1.82, 2.24) is 29.6 Å². The average Bonchev–Trinajstić information content (AvgIpc) is 3.36. The van der Waals surface area contributed by atoms with Crippen molar-refractivity contribution < 1.29 is 4.79 Å². The van der Waals surface area contributed by atoms with Gasteiger partial charge >= 0.3 is 0 Å². The molecule has 7 nitrogen and oxygen atoms in total. The predicted molar refractivity (Wildman–Crippen MR) is 113 cm³/mol. The first kappa shape index (κ1) is 19.1. The molecule has 3 aromatic heterocycles. The Morgan fingerprint density at radius 1 is 1.17 bits per heavy atom. The van der Waals surface area contributed by atoms with Crippen molar-refractivity contribution in [2.24, 2.45) is 0 Å². The number of benzene rings is 1. The summed E-state index contributed by atoms with van der Waals surface area (Å²) in [6, 6.07) is 13.7. The number of nitrogens with zero attached hydrogens (tertiary/aromatic N) is 5. The summed E-state index contributed by atoms with van der Waals surface area (Å²) in [6.07, 6.45) is 4.72. The maximum Gasteiger partial charge on any atom is 0.253 e. The molecule has 0 radical (unpaired) electrons.